The summed E-state index contributed by atoms with van der Waals surface area (Å²) < 4.78 is 4.54. The summed E-state index contributed by atoms with van der Waals surface area (Å²) in [4.78, 5) is 10.8. The summed E-state index contributed by atoms with van der Waals surface area (Å²) in [5.74, 6) is -0.157. The van der Waals surface area contributed by atoms with Crippen LogP contribution in [0, 0.1) is 0 Å². The Kier molecular flexibility index (Phi) is 9.59. The van der Waals surface area contributed by atoms with Gasteiger partial charge in [0.15, 0.2) is 0 Å². The molecule has 0 bridgehead atoms. The van der Waals surface area contributed by atoms with Crippen molar-refractivity contribution in [1.29, 1.82) is 0 Å². The standard InChI is InChI=1S/C12H24O3/c1-3-4-5-8-11(13)9-6-7-10-12(14)15-2/h11,13H,3-10H2,1-2H3. The van der Waals surface area contributed by atoms with Crippen molar-refractivity contribution in [1.82, 2.24) is 0 Å². The smallest absolute Gasteiger partial charge is 0.305 e. The Morgan fingerprint density at radius 3 is 2.33 bits per heavy atom. The van der Waals surface area contributed by atoms with Crippen LogP contribution in [0.25, 0.3) is 0 Å². The van der Waals surface area contributed by atoms with Gasteiger partial charge in [-0.2, -0.15) is 0 Å². The van der Waals surface area contributed by atoms with E-state index in [-0.39, 0.29) is 12.1 Å². The summed E-state index contributed by atoms with van der Waals surface area (Å²) in [6.07, 6.45) is 7.20. The lowest BCUT2D eigenvalue weighted by atomic mass is 10.0. The molecule has 3 nitrogen and oxygen atoms in total. The molecule has 0 aliphatic rings. The molecule has 0 saturated heterocycles. The summed E-state index contributed by atoms with van der Waals surface area (Å²) in [6, 6.07) is 0. The lowest BCUT2D eigenvalue weighted by Gasteiger charge is -2.09. The minimum absolute atomic E-state index is 0.157. The Morgan fingerprint density at radius 1 is 1.20 bits per heavy atom. The molecule has 90 valence electrons. The first-order valence-electron chi connectivity index (χ1n) is 5.95. The number of hydrogen-bond acceptors (Lipinski definition) is 3. The first-order valence-corrected chi connectivity index (χ1v) is 5.95. The number of unbranched alkanes of at least 4 members (excludes halogenated alkanes) is 3. The zero-order chi connectivity index (χ0) is 11.5. The first-order chi connectivity index (χ1) is 7.20. The minimum Gasteiger partial charge on any atom is -0.469 e. The van der Waals surface area contributed by atoms with Crippen molar-refractivity contribution >= 4 is 5.97 Å². The predicted octanol–water partition coefficient (Wildman–Crippen LogP) is 2.66. The molecule has 0 spiro atoms. The fourth-order valence-electron chi connectivity index (χ4n) is 1.53. The quantitative estimate of drug-likeness (QED) is 0.476. The maximum Gasteiger partial charge on any atom is 0.305 e. The average molecular weight is 216 g/mol. The van der Waals surface area contributed by atoms with Crippen molar-refractivity contribution in [2.75, 3.05) is 7.11 Å². The lowest BCUT2D eigenvalue weighted by Crippen LogP contribution is -2.07. The third kappa shape index (κ3) is 9.73. The molecule has 0 amide bonds. The number of methoxy groups -OCH3 is 1. The van der Waals surface area contributed by atoms with Crippen LogP contribution >= 0.6 is 0 Å². The number of carbonyl (C=O) groups excluding carboxylic acids is 1. The number of rotatable bonds is 9. The topological polar surface area (TPSA) is 46.5 Å². The van der Waals surface area contributed by atoms with Gasteiger partial charge in [-0.25, -0.2) is 0 Å². The van der Waals surface area contributed by atoms with Crippen LogP contribution < -0.4 is 0 Å². The number of aliphatic hydroxyl groups is 1. The Balaban J connectivity index is 3.23. The molecule has 0 aromatic rings. The van der Waals surface area contributed by atoms with Crippen molar-refractivity contribution in [3.05, 3.63) is 0 Å². The fourth-order valence-corrected chi connectivity index (χ4v) is 1.53. The van der Waals surface area contributed by atoms with Crippen molar-refractivity contribution in [3.63, 3.8) is 0 Å². The summed E-state index contributed by atoms with van der Waals surface area (Å²) in [5, 5.41) is 9.58. The van der Waals surface area contributed by atoms with Gasteiger partial charge in [0.2, 0.25) is 0 Å². The van der Waals surface area contributed by atoms with Crippen molar-refractivity contribution in [2.45, 2.75) is 64.4 Å². The van der Waals surface area contributed by atoms with E-state index in [2.05, 4.69) is 11.7 Å². The molecule has 1 unspecified atom stereocenters. The molecule has 15 heavy (non-hydrogen) atoms. The summed E-state index contributed by atoms with van der Waals surface area (Å²) in [7, 11) is 1.40. The summed E-state index contributed by atoms with van der Waals surface area (Å²) in [5.41, 5.74) is 0. The van der Waals surface area contributed by atoms with Gasteiger partial charge in [0.25, 0.3) is 0 Å². The molecule has 0 aromatic carbocycles. The number of esters is 1. The van der Waals surface area contributed by atoms with E-state index >= 15 is 0 Å². The zero-order valence-corrected chi connectivity index (χ0v) is 10.00. The minimum atomic E-state index is -0.186. The van der Waals surface area contributed by atoms with Gasteiger partial charge in [-0.3, -0.25) is 4.79 Å². The lowest BCUT2D eigenvalue weighted by molar-refractivity contribution is -0.140. The van der Waals surface area contributed by atoms with Crippen LogP contribution in [0.2, 0.25) is 0 Å². The van der Waals surface area contributed by atoms with Crippen LogP contribution in [0.3, 0.4) is 0 Å². The van der Waals surface area contributed by atoms with Gasteiger partial charge in [-0.05, 0) is 19.3 Å². The number of aliphatic hydroxyl groups excluding tert-OH is 1. The van der Waals surface area contributed by atoms with Crippen LogP contribution in [0.1, 0.15) is 58.3 Å². The number of ether oxygens (including phenoxy) is 1. The second-order valence-electron chi connectivity index (χ2n) is 3.97. The highest BCUT2D eigenvalue weighted by Gasteiger charge is 2.05. The second-order valence-corrected chi connectivity index (χ2v) is 3.97. The van der Waals surface area contributed by atoms with E-state index in [4.69, 9.17) is 0 Å². The molecule has 3 heteroatoms. The molecule has 0 heterocycles. The van der Waals surface area contributed by atoms with E-state index in [9.17, 15) is 9.90 Å². The number of hydrogen-bond donors (Lipinski definition) is 1. The number of carbonyl (C=O) groups is 1. The predicted molar refractivity (Wildman–Crippen MR) is 60.6 cm³/mol. The van der Waals surface area contributed by atoms with Crippen LogP contribution in [0.15, 0.2) is 0 Å². The maximum atomic E-state index is 10.8. The Bertz CT molecular complexity index is 157. The zero-order valence-electron chi connectivity index (χ0n) is 10.00. The van der Waals surface area contributed by atoms with E-state index in [1.807, 2.05) is 0 Å². The van der Waals surface area contributed by atoms with Crippen molar-refractivity contribution in [2.24, 2.45) is 0 Å². The SMILES string of the molecule is CCCCCC(O)CCCCC(=O)OC. The van der Waals surface area contributed by atoms with Gasteiger partial charge >= 0.3 is 5.97 Å². The summed E-state index contributed by atoms with van der Waals surface area (Å²) in [6.45, 7) is 2.16. The molecule has 0 fully saturated rings. The monoisotopic (exact) mass is 216 g/mol. The van der Waals surface area contributed by atoms with Gasteiger partial charge in [-0.1, -0.05) is 32.6 Å². The second kappa shape index (κ2) is 9.97. The molecular formula is C12H24O3. The Hall–Kier alpha value is -0.570. The molecule has 0 aromatic heterocycles. The Morgan fingerprint density at radius 2 is 1.80 bits per heavy atom. The van der Waals surface area contributed by atoms with Crippen LogP contribution in [-0.2, 0) is 9.53 Å². The van der Waals surface area contributed by atoms with E-state index in [1.165, 1.54) is 20.0 Å². The largest absolute Gasteiger partial charge is 0.469 e. The van der Waals surface area contributed by atoms with E-state index in [0.717, 1.165) is 32.1 Å². The van der Waals surface area contributed by atoms with E-state index in [0.29, 0.717) is 6.42 Å². The van der Waals surface area contributed by atoms with E-state index < -0.39 is 0 Å². The van der Waals surface area contributed by atoms with Gasteiger partial charge in [0.1, 0.15) is 0 Å². The van der Waals surface area contributed by atoms with Crippen LogP contribution in [0.5, 0.6) is 0 Å². The molecule has 0 aliphatic heterocycles. The van der Waals surface area contributed by atoms with Crippen molar-refractivity contribution in [3.8, 4) is 0 Å². The molecular weight excluding hydrogens is 192 g/mol. The van der Waals surface area contributed by atoms with Crippen molar-refractivity contribution < 1.29 is 14.6 Å². The van der Waals surface area contributed by atoms with Gasteiger partial charge in [0.05, 0.1) is 13.2 Å². The highest BCUT2D eigenvalue weighted by atomic mass is 16.5. The molecule has 1 N–H and O–H groups in total. The van der Waals surface area contributed by atoms with Crippen LogP contribution in [-0.4, -0.2) is 24.3 Å². The summed E-state index contributed by atoms with van der Waals surface area (Å²) >= 11 is 0. The maximum absolute atomic E-state index is 10.8. The first kappa shape index (κ1) is 14.4. The van der Waals surface area contributed by atoms with Gasteiger partial charge in [-0.15, -0.1) is 0 Å². The highest BCUT2D eigenvalue weighted by Crippen LogP contribution is 2.10. The molecule has 0 saturated carbocycles. The molecule has 0 rings (SSSR count). The molecule has 1 atom stereocenters. The highest BCUT2D eigenvalue weighted by molar-refractivity contribution is 5.68. The average Bonchev–Trinajstić information content (AvgIpc) is 2.24. The van der Waals surface area contributed by atoms with Gasteiger partial charge in [0, 0.05) is 6.42 Å². The van der Waals surface area contributed by atoms with E-state index in [1.54, 1.807) is 0 Å². The molecule has 0 aliphatic carbocycles. The third-order valence-electron chi connectivity index (χ3n) is 2.54. The fraction of sp³-hybridized carbons (Fsp3) is 0.917. The Labute approximate surface area is 92.8 Å². The van der Waals surface area contributed by atoms with Gasteiger partial charge < -0.3 is 9.84 Å². The molecule has 0 radical (unpaired) electrons. The van der Waals surface area contributed by atoms with Crippen LogP contribution in [0.4, 0.5) is 0 Å². The third-order valence-corrected chi connectivity index (χ3v) is 2.54. The normalized spacial score (nSPS) is 12.5.